The lowest BCUT2D eigenvalue weighted by Crippen LogP contribution is -2.40. The van der Waals surface area contributed by atoms with Crippen LogP contribution in [0.25, 0.3) is 0 Å². The number of hydrogen-bond acceptors (Lipinski definition) is 6. The van der Waals surface area contributed by atoms with Gasteiger partial charge in [0, 0.05) is 5.02 Å². The molecule has 26 heavy (non-hydrogen) atoms. The summed E-state index contributed by atoms with van der Waals surface area (Å²) in [6, 6.07) is 6.51. The molecule has 0 fully saturated rings. The van der Waals surface area contributed by atoms with Gasteiger partial charge in [-0.25, -0.2) is 14.5 Å². The number of hydrogen-bond donors (Lipinski definition) is 0. The molecule has 1 aromatic carbocycles. The van der Waals surface area contributed by atoms with E-state index >= 15 is 0 Å². The largest absolute Gasteiger partial charge is 0.463 e. The van der Waals surface area contributed by atoms with E-state index in [1.165, 1.54) is 17.3 Å². The van der Waals surface area contributed by atoms with Gasteiger partial charge in [-0.2, -0.15) is 5.10 Å². The number of esters is 1. The Morgan fingerprint density at radius 2 is 1.88 bits per heavy atom. The molecule has 0 aliphatic rings. The van der Waals surface area contributed by atoms with Gasteiger partial charge in [0.25, 0.3) is 6.23 Å². The maximum Gasteiger partial charge on any atom is 0.339 e. The fourth-order valence-electron chi connectivity index (χ4n) is 1.93. The number of halogens is 3. The van der Waals surface area contributed by atoms with Crippen molar-refractivity contribution in [1.82, 2.24) is 14.8 Å². The van der Waals surface area contributed by atoms with Gasteiger partial charge in [0.15, 0.2) is 0 Å². The lowest BCUT2D eigenvalue weighted by Gasteiger charge is -2.28. The topological polar surface area (TPSA) is 83.3 Å². The standard InChI is InChI=1S/C16H16Cl3N3O4/c1-16(2,7-25-15(24)13(18)19)12(23)14(22-9-20-8-21-22)26-11-5-3-10(17)4-6-11/h3-6,8-9,13-14H,7H2,1-2H3. The minimum atomic E-state index is -1.32. The van der Waals surface area contributed by atoms with E-state index in [1.807, 2.05) is 0 Å². The maximum absolute atomic E-state index is 13.0. The molecule has 1 atom stereocenters. The summed E-state index contributed by atoms with van der Waals surface area (Å²) in [7, 11) is 0. The maximum atomic E-state index is 13.0. The zero-order valence-corrected chi connectivity index (χ0v) is 16.2. The molecule has 1 aromatic heterocycles. The van der Waals surface area contributed by atoms with Crippen molar-refractivity contribution >= 4 is 46.6 Å². The zero-order valence-electron chi connectivity index (χ0n) is 13.9. The Morgan fingerprint density at radius 3 is 2.42 bits per heavy atom. The van der Waals surface area contributed by atoms with Gasteiger partial charge in [-0.1, -0.05) is 34.8 Å². The van der Waals surface area contributed by atoms with Crippen LogP contribution in [0.3, 0.4) is 0 Å². The van der Waals surface area contributed by atoms with Crippen molar-refractivity contribution in [2.75, 3.05) is 6.61 Å². The van der Waals surface area contributed by atoms with Gasteiger partial charge in [0.2, 0.25) is 10.6 Å². The average molecular weight is 421 g/mol. The van der Waals surface area contributed by atoms with E-state index in [2.05, 4.69) is 10.1 Å². The molecule has 0 aliphatic carbocycles. The first-order valence-electron chi connectivity index (χ1n) is 7.46. The van der Waals surface area contributed by atoms with E-state index in [1.54, 1.807) is 38.1 Å². The molecular weight excluding hydrogens is 405 g/mol. The lowest BCUT2D eigenvalue weighted by atomic mass is 9.88. The molecule has 0 N–H and O–H groups in total. The first-order valence-corrected chi connectivity index (χ1v) is 8.71. The monoisotopic (exact) mass is 419 g/mol. The van der Waals surface area contributed by atoms with Crippen LogP contribution in [-0.2, 0) is 14.3 Å². The Bertz CT molecular complexity index is 749. The third-order valence-electron chi connectivity index (χ3n) is 3.38. The number of rotatable bonds is 8. The van der Waals surface area contributed by atoms with Crippen molar-refractivity contribution < 1.29 is 19.1 Å². The summed E-state index contributed by atoms with van der Waals surface area (Å²) >= 11 is 16.8. The number of Topliss-reactive ketones (excluding diaryl/α,β-unsaturated/α-hetero) is 1. The molecule has 140 valence electrons. The van der Waals surface area contributed by atoms with Gasteiger partial charge in [-0.05, 0) is 38.1 Å². The van der Waals surface area contributed by atoms with Crippen LogP contribution in [0.5, 0.6) is 5.75 Å². The number of ketones is 1. The van der Waals surface area contributed by atoms with Crippen LogP contribution >= 0.6 is 34.8 Å². The Morgan fingerprint density at radius 1 is 1.23 bits per heavy atom. The Balaban J connectivity index is 2.19. The minimum Gasteiger partial charge on any atom is -0.463 e. The fourth-order valence-corrected chi connectivity index (χ4v) is 2.18. The van der Waals surface area contributed by atoms with E-state index < -0.39 is 22.4 Å². The molecule has 1 heterocycles. The molecule has 0 bridgehead atoms. The molecule has 0 saturated carbocycles. The molecule has 1 unspecified atom stereocenters. The first-order chi connectivity index (χ1) is 12.2. The second kappa shape index (κ2) is 8.70. The first kappa shape index (κ1) is 20.5. The van der Waals surface area contributed by atoms with Gasteiger partial charge in [0.05, 0.1) is 5.41 Å². The number of aromatic nitrogens is 3. The highest BCUT2D eigenvalue weighted by atomic mass is 35.5. The highest BCUT2D eigenvalue weighted by molar-refractivity contribution is 6.52. The smallest absolute Gasteiger partial charge is 0.339 e. The number of ether oxygens (including phenoxy) is 2. The van der Waals surface area contributed by atoms with Gasteiger partial charge in [0.1, 0.15) is 25.0 Å². The molecular formula is C16H16Cl3N3O4. The highest BCUT2D eigenvalue weighted by Gasteiger charge is 2.38. The Hall–Kier alpha value is -1.83. The minimum absolute atomic E-state index is 0.226. The molecule has 0 aliphatic heterocycles. The summed E-state index contributed by atoms with van der Waals surface area (Å²) in [5.74, 6) is -0.797. The average Bonchev–Trinajstić information content (AvgIpc) is 3.12. The van der Waals surface area contributed by atoms with Crippen LogP contribution < -0.4 is 4.74 Å². The van der Waals surface area contributed by atoms with Crippen LogP contribution in [0.2, 0.25) is 5.02 Å². The number of benzene rings is 1. The summed E-state index contributed by atoms with van der Waals surface area (Å²) in [5.41, 5.74) is -1.10. The van der Waals surface area contributed by atoms with E-state index in [0.29, 0.717) is 10.8 Å². The van der Waals surface area contributed by atoms with Crippen molar-refractivity contribution in [1.29, 1.82) is 0 Å². The number of nitrogens with zero attached hydrogens (tertiary/aromatic N) is 3. The molecule has 2 aromatic rings. The summed E-state index contributed by atoms with van der Waals surface area (Å²) in [5, 5.41) is 4.50. The second-order valence-electron chi connectivity index (χ2n) is 5.96. The van der Waals surface area contributed by atoms with Crippen molar-refractivity contribution in [3.63, 3.8) is 0 Å². The van der Waals surface area contributed by atoms with Crippen LogP contribution in [0.15, 0.2) is 36.9 Å². The van der Waals surface area contributed by atoms with Crippen LogP contribution in [0, 0.1) is 5.41 Å². The van der Waals surface area contributed by atoms with E-state index in [-0.39, 0.29) is 12.4 Å². The quantitative estimate of drug-likeness (QED) is 0.480. The van der Waals surface area contributed by atoms with Crippen LogP contribution in [0.1, 0.15) is 20.1 Å². The van der Waals surface area contributed by atoms with Gasteiger partial charge < -0.3 is 9.47 Å². The number of carbonyl (C=O) groups is 2. The fraction of sp³-hybridized carbons (Fsp3) is 0.375. The Labute approximate surface area is 165 Å². The summed E-state index contributed by atoms with van der Waals surface area (Å²) in [6.07, 6.45) is 1.52. The molecule has 0 saturated heterocycles. The predicted octanol–water partition coefficient (Wildman–Crippen LogP) is 3.45. The molecule has 7 nitrogen and oxygen atoms in total. The van der Waals surface area contributed by atoms with E-state index in [0.717, 1.165) is 0 Å². The third-order valence-corrected chi connectivity index (χ3v) is 3.99. The van der Waals surface area contributed by atoms with Crippen LogP contribution in [0.4, 0.5) is 0 Å². The number of carbonyl (C=O) groups excluding carboxylic acids is 2. The number of alkyl halides is 2. The summed E-state index contributed by atoms with van der Waals surface area (Å²) < 4.78 is 12.0. The summed E-state index contributed by atoms with van der Waals surface area (Å²) in [6.45, 7) is 2.99. The van der Waals surface area contributed by atoms with Crippen molar-refractivity contribution in [2.45, 2.75) is 24.9 Å². The van der Waals surface area contributed by atoms with Crippen LogP contribution in [-0.4, -0.2) is 38.0 Å². The van der Waals surface area contributed by atoms with Crippen molar-refractivity contribution in [3.8, 4) is 5.75 Å². The van der Waals surface area contributed by atoms with E-state index in [4.69, 9.17) is 44.3 Å². The third kappa shape index (κ3) is 5.33. The second-order valence-corrected chi connectivity index (χ2v) is 7.49. The predicted molar refractivity (Wildman–Crippen MR) is 96.4 cm³/mol. The lowest BCUT2D eigenvalue weighted by molar-refractivity contribution is -0.151. The van der Waals surface area contributed by atoms with Gasteiger partial charge in [-0.3, -0.25) is 4.79 Å². The Kier molecular flexibility index (Phi) is 6.86. The molecule has 2 rings (SSSR count). The van der Waals surface area contributed by atoms with Crippen molar-refractivity contribution in [3.05, 3.63) is 41.9 Å². The molecule has 0 radical (unpaired) electrons. The SMILES string of the molecule is CC(C)(COC(=O)C(Cl)Cl)C(=O)C(Oc1ccc(Cl)cc1)n1cncn1. The van der Waals surface area contributed by atoms with Gasteiger partial charge in [-0.15, -0.1) is 0 Å². The molecule has 0 amide bonds. The molecule has 0 spiro atoms. The summed E-state index contributed by atoms with van der Waals surface area (Å²) in [4.78, 5) is 27.0. The van der Waals surface area contributed by atoms with Gasteiger partial charge >= 0.3 is 5.97 Å². The van der Waals surface area contributed by atoms with Crippen molar-refractivity contribution in [2.24, 2.45) is 5.41 Å². The normalized spacial score (nSPS) is 12.7. The molecule has 10 heteroatoms. The highest BCUT2D eigenvalue weighted by Crippen LogP contribution is 2.28. The van der Waals surface area contributed by atoms with E-state index in [9.17, 15) is 9.59 Å². The zero-order chi connectivity index (χ0) is 19.3.